The van der Waals surface area contributed by atoms with Gasteiger partial charge in [-0.3, -0.25) is 4.79 Å². The fraction of sp³-hybridized carbons (Fsp3) is 0.562. The van der Waals surface area contributed by atoms with Crippen LogP contribution in [0.15, 0.2) is 24.3 Å². The lowest BCUT2D eigenvalue weighted by Gasteiger charge is -2.40. The molecule has 0 bridgehead atoms. The SMILES string of the molecule is CCC(=O)C1CN(c2ccc(C(C)(C)C)cc2)C1. The van der Waals surface area contributed by atoms with Crippen LogP contribution in [0.4, 0.5) is 5.69 Å². The minimum Gasteiger partial charge on any atom is -0.370 e. The Morgan fingerprint density at radius 1 is 1.22 bits per heavy atom. The Morgan fingerprint density at radius 3 is 2.22 bits per heavy atom. The van der Waals surface area contributed by atoms with E-state index in [0.717, 1.165) is 13.1 Å². The first kappa shape index (κ1) is 13.1. The highest BCUT2D eigenvalue weighted by atomic mass is 16.1. The van der Waals surface area contributed by atoms with Crippen molar-refractivity contribution in [3.05, 3.63) is 29.8 Å². The van der Waals surface area contributed by atoms with E-state index in [1.54, 1.807) is 0 Å². The topological polar surface area (TPSA) is 20.3 Å². The van der Waals surface area contributed by atoms with E-state index in [0.29, 0.717) is 12.2 Å². The zero-order valence-electron chi connectivity index (χ0n) is 11.9. The molecule has 0 aromatic heterocycles. The van der Waals surface area contributed by atoms with Crippen molar-refractivity contribution < 1.29 is 4.79 Å². The summed E-state index contributed by atoms with van der Waals surface area (Å²) in [7, 11) is 0. The van der Waals surface area contributed by atoms with Crippen LogP contribution in [0.3, 0.4) is 0 Å². The Morgan fingerprint density at radius 2 is 1.78 bits per heavy atom. The van der Waals surface area contributed by atoms with Crippen LogP contribution in [-0.2, 0) is 10.2 Å². The monoisotopic (exact) mass is 245 g/mol. The van der Waals surface area contributed by atoms with Gasteiger partial charge in [-0.25, -0.2) is 0 Å². The molecule has 1 fully saturated rings. The van der Waals surface area contributed by atoms with Gasteiger partial charge in [-0.2, -0.15) is 0 Å². The minimum absolute atomic E-state index is 0.203. The molecule has 0 N–H and O–H groups in total. The van der Waals surface area contributed by atoms with E-state index in [1.165, 1.54) is 11.3 Å². The maximum Gasteiger partial charge on any atom is 0.139 e. The Labute approximate surface area is 110 Å². The highest BCUT2D eigenvalue weighted by molar-refractivity contribution is 5.83. The summed E-state index contributed by atoms with van der Waals surface area (Å²) in [6, 6.07) is 8.75. The third-order valence-electron chi connectivity index (χ3n) is 3.78. The van der Waals surface area contributed by atoms with Gasteiger partial charge >= 0.3 is 0 Å². The van der Waals surface area contributed by atoms with Crippen LogP contribution in [0.5, 0.6) is 0 Å². The summed E-state index contributed by atoms with van der Waals surface area (Å²) < 4.78 is 0. The zero-order chi connectivity index (χ0) is 13.3. The largest absolute Gasteiger partial charge is 0.370 e. The highest BCUT2D eigenvalue weighted by Crippen LogP contribution is 2.29. The van der Waals surface area contributed by atoms with Gasteiger partial charge in [0.2, 0.25) is 0 Å². The van der Waals surface area contributed by atoms with Gasteiger partial charge in [-0.05, 0) is 23.1 Å². The average Bonchev–Trinajstić information content (AvgIpc) is 2.26. The molecule has 2 heteroatoms. The van der Waals surface area contributed by atoms with Crippen molar-refractivity contribution in [2.24, 2.45) is 5.92 Å². The lowest BCUT2D eigenvalue weighted by atomic mass is 9.86. The molecule has 0 aliphatic carbocycles. The summed E-state index contributed by atoms with van der Waals surface area (Å²) in [5.74, 6) is 0.662. The van der Waals surface area contributed by atoms with Gasteiger partial charge in [-0.1, -0.05) is 39.8 Å². The number of nitrogens with zero attached hydrogens (tertiary/aromatic N) is 1. The lowest BCUT2D eigenvalue weighted by molar-refractivity contribution is -0.123. The second-order valence-electron chi connectivity index (χ2n) is 6.22. The molecule has 18 heavy (non-hydrogen) atoms. The molecule has 0 atom stereocenters. The zero-order valence-corrected chi connectivity index (χ0v) is 11.9. The Balaban J connectivity index is 1.99. The molecule has 0 unspecified atom stereocenters. The van der Waals surface area contributed by atoms with Crippen molar-refractivity contribution in [3.8, 4) is 0 Å². The molecular weight excluding hydrogens is 222 g/mol. The Hall–Kier alpha value is -1.31. The summed E-state index contributed by atoms with van der Waals surface area (Å²) in [5, 5.41) is 0. The van der Waals surface area contributed by atoms with Crippen LogP contribution in [0.2, 0.25) is 0 Å². The fourth-order valence-corrected chi connectivity index (χ4v) is 2.35. The molecule has 2 nitrogen and oxygen atoms in total. The number of Topliss-reactive ketones (excluding diaryl/α,β-unsaturated/α-hetero) is 1. The van der Waals surface area contributed by atoms with Gasteiger partial charge in [0, 0.05) is 25.2 Å². The molecule has 1 aromatic rings. The molecule has 0 amide bonds. The van der Waals surface area contributed by atoms with Gasteiger partial charge in [0.1, 0.15) is 5.78 Å². The molecule has 2 rings (SSSR count). The second-order valence-corrected chi connectivity index (χ2v) is 6.22. The number of hydrogen-bond acceptors (Lipinski definition) is 2. The van der Waals surface area contributed by atoms with Crippen LogP contribution in [0.1, 0.15) is 39.7 Å². The van der Waals surface area contributed by atoms with E-state index in [9.17, 15) is 4.79 Å². The molecule has 1 aliphatic rings. The first-order chi connectivity index (χ1) is 8.41. The number of carbonyl (C=O) groups is 1. The average molecular weight is 245 g/mol. The van der Waals surface area contributed by atoms with E-state index in [2.05, 4.69) is 49.9 Å². The van der Waals surface area contributed by atoms with E-state index in [4.69, 9.17) is 0 Å². The van der Waals surface area contributed by atoms with E-state index >= 15 is 0 Å². The molecule has 0 spiro atoms. The first-order valence-corrected chi connectivity index (χ1v) is 6.80. The van der Waals surface area contributed by atoms with Gasteiger partial charge in [-0.15, -0.1) is 0 Å². The van der Waals surface area contributed by atoms with Crippen molar-refractivity contribution in [2.45, 2.75) is 39.5 Å². The van der Waals surface area contributed by atoms with Crippen molar-refractivity contribution in [3.63, 3.8) is 0 Å². The quantitative estimate of drug-likeness (QED) is 0.813. The molecule has 0 radical (unpaired) electrons. The van der Waals surface area contributed by atoms with Gasteiger partial charge in [0.05, 0.1) is 5.92 Å². The summed E-state index contributed by atoms with van der Waals surface area (Å²) in [6.07, 6.45) is 0.668. The van der Waals surface area contributed by atoms with Crippen molar-refractivity contribution in [1.29, 1.82) is 0 Å². The van der Waals surface area contributed by atoms with Crippen molar-refractivity contribution in [2.75, 3.05) is 18.0 Å². The normalized spacial score (nSPS) is 16.6. The molecule has 98 valence electrons. The van der Waals surface area contributed by atoms with Crippen molar-refractivity contribution in [1.82, 2.24) is 0 Å². The number of hydrogen-bond donors (Lipinski definition) is 0. The molecule has 0 saturated carbocycles. The van der Waals surface area contributed by atoms with Gasteiger partial charge in [0.25, 0.3) is 0 Å². The van der Waals surface area contributed by atoms with Crippen LogP contribution in [0, 0.1) is 5.92 Å². The first-order valence-electron chi connectivity index (χ1n) is 6.80. The second kappa shape index (κ2) is 4.75. The smallest absolute Gasteiger partial charge is 0.139 e. The molecular formula is C16H23NO. The third-order valence-corrected chi connectivity index (χ3v) is 3.78. The van der Waals surface area contributed by atoms with E-state index < -0.39 is 0 Å². The number of anilines is 1. The van der Waals surface area contributed by atoms with Gasteiger partial charge in [0.15, 0.2) is 0 Å². The van der Waals surface area contributed by atoms with E-state index in [-0.39, 0.29) is 11.3 Å². The van der Waals surface area contributed by atoms with Gasteiger partial charge < -0.3 is 4.90 Å². The highest BCUT2D eigenvalue weighted by Gasteiger charge is 2.31. The fourth-order valence-electron chi connectivity index (χ4n) is 2.35. The maximum absolute atomic E-state index is 11.5. The number of carbonyl (C=O) groups excluding carboxylic acids is 1. The Bertz CT molecular complexity index is 421. The summed E-state index contributed by atoms with van der Waals surface area (Å²) >= 11 is 0. The van der Waals surface area contributed by atoms with Crippen LogP contribution >= 0.6 is 0 Å². The summed E-state index contributed by atoms with van der Waals surface area (Å²) in [6.45, 7) is 10.4. The standard InChI is InChI=1S/C16H23NO/c1-5-15(18)12-10-17(11-12)14-8-6-13(7-9-14)16(2,3)4/h6-9,12H,5,10-11H2,1-4H3. The predicted octanol–water partition coefficient (Wildman–Crippen LogP) is 3.40. The molecule has 1 aromatic carbocycles. The van der Waals surface area contributed by atoms with Crippen LogP contribution in [0.25, 0.3) is 0 Å². The van der Waals surface area contributed by atoms with E-state index in [1.807, 2.05) is 6.92 Å². The number of rotatable bonds is 3. The third kappa shape index (κ3) is 2.58. The van der Waals surface area contributed by atoms with Crippen LogP contribution in [-0.4, -0.2) is 18.9 Å². The van der Waals surface area contributed by atoms with Crippen LogP contribution < -0.4 is 4.90 Å². The molecule has 1 saturated heterocycles. The molecule has 1 heterocycles. The summed E-state index contributed by atoms with van der Waals surface area (Å²) in [5.41, 5.74) is 2.80. The summed E-state index contributed by atoms with van der Waals surface area (Å²) in [4.78, 5) is 13.8. The number of ketones is 1. The molecule has 1 aliphatic heterocycles. The minimum atomic E-state index is 0.203. The van der Waals surface area contributed by atoms with Crippen molar-refractivity contribution >= 4 is 11.5 Å². The Kier molecular flexibility index (Phi) is 3.47. The lowest BCUT2D eigenvalue weighted by Crippen LogP contribution is -2.50. The number of benzene rings is 1. The maximum atomic E-state index is 11.5. The predicted molar refractivity (Wildman–Crippen MR) is 76.1 cm³/mol.